The van der Waals surface area contributed by atoms with Crippen molar-refractivity contribution in [1.82, 2.24) is 19.0 Å². The molecule has 0 unspecified atom stereocenters. The topological polar surface area (TPSA) is 82.6 Å². The molecule has 0 fully saturated rings. The van der Waals surface area contributed by atoms with Crippen LogP contribution < -0.4 is 15.6 Å². The smallest absolute Gasteiger partial charge is 0.284 e. The second kappa shape index (κ2) is 9.93. The quantitative estimate of drug-likeness (QED) is 0.265. The van der Waals surface area contributed by atoms with Gasteiger partial charge in [0.1, 0.15) is 16.9 Å². The van der Waals surface area contributed by atoms with Crippen LogP contribution in [0.3, 0.4) is 0 Å². The molecule has 0 aliphatic carbocycles. The van der Waals surface area contributed by atoms with Gasteiger partial charge in [0.25, 0.3) is 11.5 Å². The SMILES string of the molecule is Cc1c(C(=O)Nc2ccc(Oc3ccnn4ccc(-c5cccs5)c34)c(F)c2)c(=O)n(-c2ccc(F)cc2)n1C. The number of thiophene rings is 1. The predicted octanol–water partition coefficient (Wildman–Crippen LogP) is 6.18. The first-order valence-electron chi connectivity index (χ1n) is 12.2. The lowest BCUT2D eigenvalue weighted by atomic mass is 10.2. The molecule has 6 rings (SSSR count). The van der Waals surface area contributed by atoms with Gasteiger partial charge < -0.3 is 10.1 Å². The minimum Gasteiger partial charge on any atom is -0.452 e. The fourth-order valence-corrected chi connectivity index (χ4v) is 5.30. The number of anilines is 1. The fourth-order valence-electron chi connectivity index (χ4n) is 4.54. The Hall–Kier alpha value is -5.03. The average Bonchev–Trinajstić information content (AvgIpc) is 3.66. The van der Waals surface area contributed by atoms with Crippen molar-refractivity contribution < 1.29 is 18.3 Å². The number of hydrogen-bond donors (Lipinski definition) is 1. The van der Waals surface area contributed by atoms with Crippen LogP contribution in [-0.4, -0.2) is 24.9 Å². The van der Waals surface area contributed by atoms with Gasteiger partial charge in [0.15, 0.2) is 17.3 Å². The number of nitrogens with one attached hydrogen (secondary N) is 1. The van der Waals surface area contributed by atoms with Crippen LogP contribution in [0.15, 0.2) is 89.3 Å². The highest BCUT2D eigenvalue weighted by Gasteiger charge is 2.23. The van der Waals surface area contributed by atoms with E-state index in [9.17, 15) is 14.0 Å². The van der Waals surface area contributed by atoms with Crippen LogP contribution in [0.5, 0.6) is 11.5 Å². The summed E-state index contributed by atoms with van der Waals surface area (Å²) >= 11 is 1.57. The third-order valence-electron chi connectivity index (χ3n) is 6.56. The van der Waals surface area contributed by atoms with Crippen LogP contribution in [-0.2, 0) is 7.05 Å². The number of rotatable bonds is 6. The van der Waals surface area contributed by atoms with Crippen LogP contribution in [0.2, 0.25) is 0 Å². The van der Waals surface area contributed by atoms with Gasteiger partial charge in [-0.1, -0.05) is 6.07 Å². The normalized spacial score (nSPS) is 11.2. The zero-order valence-corrected chi connectivity index (χ0v) is 22.1. The third kappa shape index (κ3) is 4.35. The molecule has 1 amide bonds. The number of nitrogens with zero attached hydrogens (tertiary/aromatic N) is 4. The van der Waals surface area contributed by atoms with E-state index in [1.165, 1.54) is 45.8 Å². The largest absolute Gasteiger partial charge is 0.452 e. The van der Waals surface area contributed by atoms with Crippen LogP contribution in [0.1, 0.15) is 16.1 Å². The van der Waals surface area contributed by atoms with Crippen molar-refractivity contribution in [1.29, 1.82) is 0 Å². The number of hydrogen-bond acceptors (Lipinski definition) is 5. The maximum atomic E-state index is 15.2. The highest BCUT2D eigenvalue weighted by Crippen LogP contribution is 2.37. The molecular formula is C29H21F2N5O3S. The van der Waals surface area contributed by atoms with Gasteiger partial charge in [-0.05, 0) is 60.8 Å². The first-order chi connectivity index (χ1) is 19.3. The van der Waals surface area contributed by atoms with Gasteiger partial charge in [0.2, 0.25) is 0 Å². The van der Waals surface area contributed by atoms with Gasteiger partial charge in [-0.15, -0.1) is 11.3 Å². The lowest BCUT2D eigenvalue weighted by molar-refractivity contribution is 0.102. The van der Waals surface area contributed by atoms with Gasteiger partial charge >= 0.3 is 0 Å². The Balaban J connectivity index is 1.27. The van der Waals surface area contributed by atoms with Gasteiger partial charge in [0, 0.05) is 41.5 Å². The molecule has 6 aromatic rings. The summed E-state index contributed by atoms with van der Waals surface area (Å²) in [5, 5.41) is 8.87. The molecule has 200 valence electrons. The van der Waals surface area contributed by atoms with E-state index in [2.05, 4.69) is 10.4 Å². The van der Waals surface area contributed by atoms with E-state index in [1.807, 2.05) is 29.8 Å². The fraction of sp³-hybridized carbons (Fsp3) is 0.0690. The van der Waals surface area contributed by atoms with Crippen molar-refractivity contribution in [2.75, 3.05) is 5.32 Å². The van der Waals surface area contributed by atoms with Gasteiger partial charge in [0.05, 0.1) is 17.6 Å². The van der Waals surface area contributed by atoms with E-state index in [0.717, 1.165) is 16.5 Å². The number of fused-ring (bicyclic) bond motifs is 1. The number of ether oxygens (including phenoxy) is 1. The Labute approximate surface area is 230 Å². The van der Waals surface area contributed by atoms with E-state index in [1.54, 1.807) is 42.1 Å². The van der Waals surface area contributed by atoms with Gasteiger partial charge in [-0.2, -0.15) is 5.10 Å². The van der Waals surface area contributed by atoms with Gasteiger partial charge in [-0.25, -0.2) is 18.0 Å². The summed E-state index contributed by atoms with van der Waals surface area (Å²) in [5.41, 5.74) is 1.85. The third-order valence-corrected chi connectivity index (χ3v) is 7.47. The van der Waals surface area contributed by atoms with Crippen molar-refractivity contribution in [3.05, 3.63) is 118 Å². The first kappa shape index (κ1) is 25.3. The average molecular weight is 558 g/mol. The highest BCUT2D eigenvalue weighted by molar-refractivity contribution is 7.13. The highest BCUT2D eigenvalue weighted by atomic mass is 32.1. The molecule has 0 atom stereocenters. The molecule has 0 spiro atoms. The minimum atomic E-state index is -0.703. The summed E-state index contributed by atoms with van der Waals surface area (Å²) in [6.45, 7) is 1.62. The lowest BCUT2D eigenvalue weighted by Gasteiger charge is -2.11. The number of amides is 1. The molecule has 2 aromatic carbocycles. The summed E-state index contributed by atoms with van der Waals surface area (Å²) in [4.78, 5) is 27.3. The summed E-state index contributed by atoms with van der Waals surface area (Å²) in [7, 11) is 1.62. The first-order valence-corrected chi connectivity index (χ1v) is 13.0. The molecule has 4 heterocycles. The Kier molecular flexibility index (Phi) is 6.27. The van der Waals surface area contributed by atoms with Crippen molar-refractivity contribution in [3.63, 3.8) is 0 Å². The summed E-state index contributed by atoms with van der Waals surface area (Å²) in [6.07, 6.45) is 3.37. The van der Waals surface area contributed by atoms with Crippen LogP contribution in [0.25, 0.3) is 21.6 Å². The Morgan fingerprint density at radius 1 is 1.02 bits per heavy atom. The second-order valence-corrected chi connectivity index (χ2v) is 9.92. The number of halogens is 2. The molecule has 1 N–H and O–H groups in total. The van der Waals surface area contributed by atoms with Crippen LogP contribution in [0, 0.1) is 18.6 Å². The van der Waals surface area contributed by atoms with Crippen LogP contribution in [0.4, 0.5) is 14.5 Å². The van der Waals surface area contributed by atoms with Crippen molar-refractivity contribution >= 4 is 28.4 Å². The number of benzene rings is 2. The Morgan fingerprint density at radius 2 is 1.82 bits per heavy atom. The van der Waals surface area contributed by atoms with Crippen molar-refractivity contribution in [3.8, 4) is 27.6 Å². The minimum absolute atomic E-state index is 0.0426. The van der Waals surface area contributed by atoms with Crippen molar-refractivity contribution in [2.24, 2.45) is 7.05 Å². The molecule has 0 saturated heterocycles. The molecule has 4 aromatic heterocycles. The molecule has 0 saturated carbocycles. The Bertz CT molecular complexity index is 1940. The zero-order valence-electron chi connectivity index (χ0n) is 21.3. The molecule has 8 nitrogen and oxygen atoms in total. The summed E-state index contributed by atoms with van der Waals surface area (Å²) < 4.78 is 38.9. The maximum Gasteiger partial charge on any atom is 0.284 e. The maximum absolute atomic E-state index is 15.2. The molecular weight excluding hydrogens is 536 g/mol. The molecule has 40 heavy (non-hydrogen) atoms. The zero-order chi connectivity index (χ0) is 28.0. The number of carbonyl (C=O) groups is 1. The van der Waals surface area contributed by atoms with E-state index in [0.29, 0.717) is 22.6 Å². The Morgan fingerprint density at radius 3 is 2.55 bits per heavy atom. The van der Waals surface area contributed by atoms with E-state index in [-0.39, 0.29) is 17.0 Å². The summed E-state index contributed by atoms with van der Waals surface area (Å²) in [5.74, 6) is -1.47. The predicted molar refractivity (Wildman–Crippen MR) is 149 cm³/mol. The van der Waals surface area contributed by atoms with E-state index < -0.39 is 23.1 Å². The van der Waals surface area contributed by atoms with Crippen LogP contribution >= 0.6 is 11.3 Å². The molecule has 0 radical (unpaired) electrons. The van der Waals surface area contributed by atoms with Gasteiger partial charge in [-0.3, -0.25) is 14.3 Å². The second-order valence-electron chi connectivity index (χ2n) is 8.97. The standard InChI is InChI=1S/C29H21F2N5O3S/c1-17-26(29(38)36(34(17)2)20-8-5-18(30)6-9-20)28(37)33-19-7-10-23(22(31)16-19)39-24-11-13-32-35-14-12-21(27(24)35)25-4-3-15-40-25/h3-16H,1-2H3,(H,33,37). The molecule has 11 heteroatoms. The monoisotopic (exact) mass is 557 g/mol. The molecule has 0 bridgehead atoms. The number of aromatic nitrogens is 4. The lowest BCUT2D eigenvalue weighted by Crippen LogP contribution is -2.25. The molecule has 0 aliphatic heterocycles. The molecule has 0 aliphatic rings. The van der Waals surface area contributed by atoms with E-state index in [4.69, 9.17) is 4.74 Å². The van der Waals surface area contributed by atoms with E-state index >= 15 is 4.39 Å². The summed E-state index contributed by atoms with van der Waals surface area (Å²) in [6, 6.07) is 16.9. The van der Waals surface area contributed by atoms with Crippen molar-refractivity contribution in [2.45, 2.75) is 6.92 Å². The number of carbonyl (C=O) groups excluding carboxylic acids is 1.